The third-order valence-corrected chi connectivity index (χ3v) is 7.51. The van der Waals surface area contributed by atoms with Crippen LogP contribution in [0.25, 0.3) is 16.9 Å². The number of fused-ring (bicyclic) bond motifs is 1. The molecule has 4 rings (SSSR count). The minimum atomic E-state index is -3.94. The van der Waals surface area contributed by atoms with Gasteiger partial charge in [-0.1, -0.05) is 43.1 Å². The van der Waals surface area contributed by atoms with E-state index in [0.717, 1.165) is 24.1 Å². The molecule has 200 valence electrons. The number of hydrogen-bond donors (Lipinski definition) is 3. The van der Waals surface area contributed by atoms with Gasteiger partial charge < -0.3 is 9.84 Å². The molecule has 38 heavy (non-hydrogen) atoms. The van der Waals surface area contributed by atoms with E-state index in [9.17, 15) is 18.3 Å². The fourth-order valence-corrected chi connectivity index (χ4v) is 5.29. The summed E-state index contributed by atoms with van der Waals surface area (Å²) in [7, 11) is -3.94. The molecule has 2 heterocycles. The number of halogens is 1. The Bertz CT molecular complexity index is 1570. The molecule has 4 aromatic rings. The first-order valence-corrected chi connectivity index (χ1v) is 13.7. The Morgan fingerprint density at radius 2 is 1.89 bits per heavy atom. The maximum Gasteiger partial charge on any atom is 0.417 e. The highest BCUT2D eigenvalue weighted by Gasteiger charge is 2.26. The zero-order valence-electron chi connectivity index (χ0n) is 21.1. The third kappa shape index (κ3) is 6.30. The van der Waals surface area contributed by atoms with Crippen molar-refractivity contribution in [3.05, 3.63) is 71.5 Å². The number of aromatic nitrogens is 3. The Labute approximate surface area is 225 Å². The first kappa shape index (κ1) is 27.5. The molecular weight excluding hydrogens is 530 g/mol. The number of aliphatic hydroxyl groups is 1. The predicted molar refractivity (Wildman–Crippen MR) is 145 cm³/mol. The Morgan fingerprint density at radius 1 is 1.16 bits per heavy atom. The van der Waals surface area contributed by atoms with E-state index in [-0.39, 0.29) is 22.9 Å². The molecule has 10 nitrogen and oxygen atoms in total. The average molecular weight is 558 g/mol. The van der Waals surface area contributed by atoms with E-state index in [1.54, 1.807) is 30.5 Å². The Morgan fingerprint density at radius 3 is 2.58 bits per heavy atom. The Balaban J connectivity index is 1.59. The summed E-state index contributed by atoms with van der Waals surface area (Å²) in [5.41, 5.74) is 1.94. The van der Waals surface area contributed by atoms with Crippen molar-refractivity contribution in [2.45, 2.75) is 44.0 Å². The minimum absolute atomic E-state index is 0.0775. The van der Waals surface area contributed by atoms with Crippen molar-refractivity contribution in [2.24, 2.45) is 0 Å². The number of benzene rings is 2. The standard InChI is InChI=1S/C26H28ClN5O5S/c1-4-6-20-14-22(17-9-11-18(27)12-10-17)30-24-23(15-28-32(20)24)37-25(34)29-19-7-5-8-21(13-19)38(35,36)31-26(2,3)16-33/h5,7-15,31,33H,4,6,16H2,1-3H3,(H,29,34). The number of sulfonamides is 1. The van der Waals surface area contributed by atoms with Gasteiger partial charge in [-0.25, -0.2) is 27.4 Å². The lowest BCUT2D eigenvalue weighted by atomic mass is 10.1. The number of carbonyl (C=O) groups is 1. The number of anilines is 1. The van der Waals surface area contributed by atoms with Crippen LogP contribution in [0.2, 0.25) is 5.02 Å². The van der Waals surface area contributed by atoms with Gasteiger partial charge in [-0.05, 0) is 56.7 Å². The van der Waals surface area contributed by atoms with Gasteiger partial charge in [0.15, 0.2) is 11.4 Å². The van der Waals surface area contributed by atoms with Crippen molar-refractivity contribution in [2.75, 3.05) is 11.9 Å². The van der Waals surface area contributed by atoms with E-state index >= 15 is 0 Å². The smallest absolute Gasteiger partial charge is 0.404 e. The van der Waals surface area contributed by atoms with Crippen molar-refractivity contribution in [1.29, 1.82) is 0 Å². The highest BCUT2D eigenvalue weighted by Crippen LogP contribution is 2.27. The van der Waals surface area contributed by atoms with Gasteiger partial charge in [-0.15, -0.1) is 0 Å². The summed E-state index contributed by atoms with van der Waals surface area (Å²) >= 11 is 6.03. The monoisotopic (exact) mass is 557 g/mol. The lowest BCUT2D eigenvalue weighted by Crippen LogP contribution is -2.46. The largest absolute Gasteiger partial charge is 0.417 e. The quantitative estimate of drug-likeness (QED) is 0.272. The molecule has 2 aromatic heterocycles. The second kappa shape index (κ2) is 11.1. The van der Waals surface area contributed by atoms with Gasteiger partial charge >= 0.3 is 6.09 Å². The van der Waals surface area contributed by atoms with E-state index in [1.807, 2.05) is 18.2 Å². The predicted octanol–water partition coefficient (Wildman–Crippen LogP) is 4.66. The van der Waals surface area contributed by atoms with Gasteiger partial charge in [0.2, 0.25) is 10.0 Å². The first-order chi connectivity index (χ1) is 18.0. The molecule has 2 aromatic carbocycles. The minimum Gasteiger partial charge on any atom is -0.404 e. The molecule has 1 amide bonds. The van der Waals surface area contributed by atoms with Crippen LogP contribution < -0.4 is 14.8 Å². The molecule has 0 aliphatic heterocycles. The topological polar surface area (TPSA) is 135 Å². The first-order valence-electron chi connectivity index (χ1n) is 11.9. The maximum absolute atomic E-state index is 12.8. The molecule has 12 heteroatoms. The van der Waals surface area contributed by atoms with Gasteiger partial charge in [0, 0.05) is 22.0 Å². The van der Waals surface area contributed by atoms with E-state index < -0.39 is 21.7 Å². The van der Waals surface area contributed by atoms with Crippen molar-refractivity contribution in [1.82, 2.24) is 19.3 Å². The van der Waals surface area contributed by atoms with E-state index in [2.05, 4.69) is 27.0 Å². The number of nitrogens with one attached hydrogen (secondary N) is 2. The average Bonchev–Trinajstić information content (AvgIpc) is 3.27. The SMILES string of the molecule is CCCc1cc(-c2ccc(Cl)cc2)nc2c(OC(=O)Nc3cccc(S(=O)(=O)NC(C)(C)CO)c3)cnn12. The third-order valence-electron chi connectivity index (χ3n) is 5.56. The molecule has 0 fully saturated rings. The summed E-state index contributed by atoms with van der Waals surface area (Å²) in [4.78, 5) is 17.3. The number of aryl methyl sites for hydroxylation is 1. The lowest BCUT2D eigenvalue weighted by Gasteiger charge is -2.23. The fourth-order valence-electron chi connectivity index (χ4n) is 3.72. The van der Waals surface area contributed by atoms with E-state index in [0.29, 0.717) is 16.4 Å². The van der Waals surface area contributed by atoms with Gasteiger partial charge in [0.25, 0.3) is 0 Å². The van der Waals surface area contributed by atoms with Gasteiger partial charge in [0.1, 0.15) is 0 Å². The van der Waals surface area contributed by atoms with E-state index in [1.165, 1.54) is 30.5 Å². The van der Waals surface area contributed by atoms with Crippen LogP contribution in [0, 0.1) is 0 Å². The van der Waals surface area contributed by atoms with Crippen molar-refractivity contribution >= 4 is 39.1 Å². The van der Waals surface area contributed by atoms with Crippen LogP contribution in [-0.2, 0) is 16.4 Å². The zero-order valence-corrected chi connectivity index (χ0v) is 22.7. The number of carbonyl (C=O) groups excluding carboxylic acids is 1. The summed E-state index contributed by atoms with van der Waals surface area (Å²) in [6.45, 7) is 4.78. The van der Waals surface area contributed by atoms with E-state index in [4.69, 9.17) is 16.3 Å². The number of amides is 1. The molecule has 0 bridgehead atoms. The van der Waals surface area contributed by atoms with Crippen molar-refractivity contribution < 1.29 is 23.1 Å². The highest BCUT2D eigenvalue weighted by atomic mass is 35.5. The summed E-state index contributed by atoms with van der Waals surface area (Å²) in [5, 5.41) is 16.9. The lowest BCUT2D eigenvalue weighted by molar-refractivity contribution is 0.208. The Kier molecular flexibility index (Phi) is 8.02. The zero-order chi connectivity index (χ0) is 27.5. The van der Waals surface area contributed by atoms with Crippen molar-refractivity contribution in [3.63, 3.8) is 0 Å². The second-order valence-corrected chi connectivity index (χ2v) is 11.4. The number of nitrogens with zero attached hydrogens (tertiary/aromatic N) is 3. The summed E-state index contributed by atoms with van der Waals surface area (Å²) in [6.07, 6.45) is 2.18. The molecule has 3 N–H and O–H groups in total. The summed E-state index contributed by atoms with van der Waals surface area (Å²) < 4.78 is 35.0. The molecule has 0 spiro atoms. The van der Waals surface area contributed by atoms with Crippen LogP contribution in [0.3, 0.4) is 0 Å². The summed E-state index contributed by atoms with van der Waals surface area (Å²) in [5.74, 6) is 0.144. The van der Waals surface area contributed by atoms with Gasteiger partial charge in [0.05, 0.1) is 28.9 Å². The van der Waals surface area contributed by atoms with Crippen LogP contribution in [0.4, 0.5) is 10.5 Å². The van der Waals surface area contributed by atoms with Crippen LogP contribution in [0.5, 0.6) is 5.75 Å². The fraction of sp³-hybridized carbons (Fsp3) is 0.269. The molecule has 0 atom stereocenters. The van der Waals surface area contributed by atoms with Crippen LogP contribution >= 0.6 is 11.6 Å². The summed E-state index contributed by atoms with van der Waals surface area (Å²) in [6, 6.07) is 14.9. The van der Waals surface area contributed by atoms with Gasteiger partial charge in [-0.3, -0.25) is 5.32 Å². The van der Waals surface area contributed by atoms with Crippen LogP contribution in [0.1, 0.15) is 32.9 Å². The Hall–Kier alpha value is -3.51. The normalized spacial score (nSPS) is 12.0. The second-order valence-electron chi connectivity index (χ2n) is 9.32. The van der Waals surface area contributed by atoms with Crippen LogP contribution in [-0.4, -0.2) is 46.4 Å². The maximum atomic E-state index is 12.8. The molecule has 0 aliphatic rings. The highest BCUT2D eigenvalue weighted by molar-refractivity contribution is 7.89. The van der Waals surface area contributed by atoms with Gasteiger partial charge in [-0.2, -0.15) is 5.10 Å². The number of ether oxygens (including phenoxy) is 1. The molecule has 0 unspecified atom stereocenters. The number of rotatable bonds is 9. The number of hydrogen-bond acceptors (Lipinski definition) is 7. The molecule has 0 radical (unpaired) electrons. The van der Waals surface area contributed by atoms with Crippen LogP contribution in [0.15, 0.2) is 65.7 Å². The molecule has 0 saturated carbocycles. The molecule has 0 saturated heterocycles. The molecular formula is C26H28ClN5O5S. The number of aliphatic hydroxyl groups excluding tert-OH is 1. The van der Waals surface area contributed by atoms with Crippen molar-refractivity contribution in [3.8, 4) is 17.0 Å². The molecule has 0 aliphatic carbocycles.